The van der Waals surface area contributed by atoms with Crippen molar-refractivity contribution in [1.82, 2.24) is 5.32 Å². The lowest BCUT2D eigenvalue weighted by molar-refractivity contribution is -0.119. The molecule has 0 bridgehead atoms. The van der Waals surface area contributed by atoms with E-state index in [0.29, 0.717) is 0 Å². The third-order valence-corrected chi connectivity index (χ3v) is 3.53. The van der Waals surface area contributed by atoms with E-state index in [1.54, 1.807) is 0 Å². The molecule has 1 aliphatic rings. The van der Waals surface area contributed by atoms with Crippen LogP contribution in [-0.4, -0.2) is 12.5 Å². The van der Waals surface area contributed by atoms with E-state index in [1.807, 2.05) is 13.0 Å². The van der Waals surface area contributed by atoms with E-state index < -0.39 is 0 Å². The molecular weight excluding hydrogens is 224 g/mol. The summed E-state index contributed by atoms with van der Waals surface area (Å²) < 4.78 is 0. The van der Waals surface area contributed by atoms with Crippen LogP contribution in [-0.2, 0) is 17.8 Å². The Bertz CT molecular complexity index is 429. The minimum Gasteiger partial charge on any atom is -0.326 e. The second-order valence-corrected chi connectivity index (χ2v) is 5.09. The Morgan fingerprint density at radius 3 is 3.06 bits per heavy atom. The van der Waals surface area contributed by atoms with Crippen LogP contribution in [0.1, 0.15) is 37.8 Å². The smallest absolute Gasteiger partial charge is 0.227 e. The van der Waals surface area contributed by atoms with Crippen molar-refractivity contribution in [2.45, 2.75) is 39.7 Å². The Morgan fingerprint density at radius 1 is 1.44 bits per heavy atom. The monoisotopic (exact) mass is 246 g/mol. The van der Waals surface area contributed by atoms with Crippen molar-refractivity contribution in [3.8, 4) is 0 Å². The molecule has 1 unspecified atom stereocenters. The van der Waals surface area contributed by atoms with Gasteiger partial charge in [-0.25, -0.2) is 0 Å². The van der Waals surface area contributed by atoms with Crippen LogP contribution < -0.4 is 10.6 Å². The van der Waals surface area contributed by atoms with Crippen LogP contribution in [0, 0.1) is 5.92 Å². The maximum absolute atomic E-state index is 11.9. The fourth-order valence-electron chi connectivity index (χ4n) is 2.39. The van der Waals surface area contributed by atoms with Gasteiger partial charge in [0, 0.05) is 18.2 Å². The first-order chi connectivity index (χ1) is 8.70. The molecule has 0 radical (unpaired) electrons. The topological polar surface area (TPSA) is 41.1 Å². The predicted molar refractivity (Wildman–Crippen MR) is 74.6 cm³/mol. The van der Waals surface area contributed by atoms with Gasteiger partial charge in [0.25, 0.3) is 0 Å². The van der Waals surface area contributed by atoms with Gasteiger partial charge in [0.15, 0.2) is 0 Å². The Balaban J connectivity index is 2.03. The number of carbonyl (C=O) groups is 1. The summed E-state index contributed by atoms with van der Waals surface area (Å²) in [5.41, 5.74) is 3.63. The van der Waals surface area contributed by atoms with Crippen LogP contribution in [0.3, 0.4) is 0 Å². The second kappa shape index (κ2) is 6.01. The molecule has 0 spiro atoms. The van der Waals surface area contributed by atoms with E-state index in [2.05, 4.69) is 29.7 Å². The highest BCUT2D eigenvalue weighted by Gasteiger charge is 2.13. The number of amides is 1. The molecule has 3 heteroatoms. The van der Waals surface area contributed by atoms with Crippen LogP contribution in [0.2, 0.25) is 0 Å². The molecule has 0 aliphatic carbocycles. The number of benzene rings is 1. The molecule has 0 fully saturated rings. The van der Waals surface area contributed by atoms with Crippen molar-refractivity contribution in [2.24, 2.45) is 5.92 Å². The first-order valence-corrected chi connectivity index (χ1v) is 6.84. The number of rotatable bonds is 4. The molecule has 18 heavy (non-hydrogen) atoms. The van der Waals surface area contributed by atoms with Crippen molar-refractivity contribution >= 4 is 11.6 Å². The van der Waals surface area contributed by atoms with Crippen molar-refractivity contribution in [3.63, 3.8) is 0 Å². The third kappa shape index (κ3) is 3.10. The van der Waals surface area contributed by atoms with Crippen LogP contribution in [0.4, 0.5) is 5.69 Å². The molecule has 2 rings (SSSR count). The molecule has 1 aliphatic heterocycles. The van der Waals surface area contributed by atoms with Gasteiger partial charge >= 0.3 is 0 Å². The summed E-state index contributed by atoms with van der Waals surface area (Å²) in [6, 6.07) is 6.25. The zero-order valence-corrected chi connectivity index (χ0v) is 11.3. The van der Waals surface area contributed by atoms with Gasteiger partial charge in [-0.3, -0.25) is 4.79 Å². The number of anilines is 1. The van der Waals surface area contributed by atoms with E-state index in [9.17, 15) is 4.79 Å². The van der Waals surface area contributed by atoms with Gasteiger partial charge in [0.2, 0.25) is 5.91 Å². The lowest BCUT2D eigenvalue weighted by atomic mass is 10.00. The Labute approximate surface area is 109 Å². The Morgan fingerprint density at radius 2 is 2.28 bits per heavy atom. The van der Waals surface area contributed by atoms with Crippen LogP contribution >= 0.6 is 0 Å². The zero-order valence-electron chi connectivity index (χ0n) is 11.3. The van der Waals surface area contributed by atoms with Crippen molar-refractivity contribution < 1.29 is 4.79 Å². The SMILES string of the molecule is CCCC(C)C(=O)Nc1ccc2c(c1)CNCC2. The normalized spacial score (nSPS) is 15.9. The molecule has 0 saturated heterocycles. The van der Waals surface area contributed by atoms with E-state index in [1.165, 1.54) is 11.1 Å². The summed E-state index contributed by atoms with van der Waals surface area (Å²) in [5.74, 6) is 0.213. The molecule has 2 N–H and O–H groups in total. The number of nitrogens with one attached hydrogen (secondary N) is 2. The molecule has 98 valence electrons. The second-order valence-electron chi connectivity index (χ2n) is 5.09. The summed E-state index contributed by atoms with van der Waals surface area (Å²) >= 11 is 0. The van der Waals surface area contributed by atoms with Crippen LogP contribution in [0.15, 0.2) is 18.2 Å². The van der Waals surface area contributed by atoms with Gasteiger partial charge in [-0.2, -0.15) is 0 Å². The highest BCUT2D eigenvalue weighted by Crippen LogP contribution is 2.20. The molecule has 0 saturated carbocycles. The van der Waals surface area contributed by atoms with E-state index in [-0.39, 0.29) is 11.8 Å². The van der Waals surface area contributed by atoms with E-state index in [0.717, 1.165) is 38.0 Å². The van der Waals surface area contributed by atoms with Gasteiger partial charge in [-0.05, 0) is 42.6 Å². The van der Waals surface area contributed by atoms with Crippen molar-refractivity contribution in [1.29, 1.82) is 0 Å². The summed E-state index contributed by atoms with van der Waals surface area (Å²) in [7, 11) is 0. The fourth-order valence-corrected chi connectivity index (χ4v) is 2.39. The first kappa shape index (κ1) is 13.1. The molecule has 1 aromatic carbocycles. The minimum absolute atomic E-state index is 0.0872. The zero-order chi connectivity index (χ0) is 13.0. The van der Waals surface area contributed by atoms with Crippen molar-refractivity contribution in [3.05, 3.63) is 29.3 Å². The lowest BCUT2D eigenvalue weighted by Crippen LogP contribution is -2.24. The predicted octanol–water partition coefficient (Wildman–Crippen LogP) is 2.71. The average Bonchev–Trinajstić information content (AvgIpc) is 2.39. The third-order valence-electron chi connectivity index (χ3n) is 3.53. The van der Waals surface area contributed by atoms with Gasteiger partial charge in [-0.15, -0.1) is 0 Å². The quantitative estimate of drug-likeness (QED) is 0.857. The van der Waals surface area contributed by atoms with E-state index >= 15 is 0 Å². The van der Waals surface area contributed by atoms with Gasteiger partial charge in [0.05, 0.1) is 0 Å². The van der Waals surface area contributed by atoms with Gasteiger partial charge < -0.3 is 10.6 Å². The molecule has 1 aromatic rings. The standard InChI is InChI=1S/C15H22N2O/c1-3-4-11(2)15(18)17-14-6-5-12-7-8-16-10-13(12)9-14/h5-6,9,11,16H,3-4,7-8,10H2,1-2H3,(H,17,18). The molecule has 1 heterocycles. The molecule has 0 aromatic heterocycles. The van der Waals surface area contributed by atoms with Gasteiger partial charge in [0.1, 0.15) is 0 Å². The Hall–Kier alpha value is -1.35. The maximum Gasteiger partial charge on any atom is 0.227 e. The molecule has 1 atom stereocenters. The average molecular weight is 246 g/mol. The summed E-state index contributed by atoms with van der Waals surface area (Å²) in [4.78, 5) is 11.9. The number of fused-ring (bicyclic) bond motifs is 1. The molecule has 3 nitrogen and oxygen atoms in total. The van der Waals surface area contributed by atoms with E-state index in [4.69, 9.17) is 0 Å². The lowest BCUT2D eigenvalue weighted by Gasteiger charge is -2.18. The van der Waals surface area contributed by atoms with Crippen LogP contribution in [0.5, 0.6) is 0 Å². The first-order valence-electron chi connectivity index (χ1n) is 6.84. The number of carbonyl (C=O) groups excluding carboxylic acids is 1. The maximum atomic E-state index is 11.9. The largest absolute Gasteiger partial charge is 0.326 e. The van der Waals surface area contributed by atoms with Crippen molar-refractivity contribution in [2.75, 3.05) is 11.9 Å². The highest BCUT2D eigenvalue weighted by molar-refractivity contribution is 5.92. The number of hydrogen-bond donors (Lipinski definition) is 2. The van der Waals surface area contributed by atoms with Gasteiger partial charge in [-0.1, -0.05) is 26.3 Å². The number of hydrogen-bond acceptors (Lipinski definition) is 2. The minimum atomic E-state index is 0.0872. The Kier molecular flexibility index (Phi) is 4.37. The van der Waals surface area contributed by atoms with Crippen LogP contribution in [0.25, 0.3) is 0 Å². The summed E-state index contributed by atoms with van der Waals surface area (Å²) in [5, 5.41) is 6.36. The molecular formula is C15H22N2O. The fraction of sp³-hybridized carbons (Fsp3) is 0.533. The highest BCUT2D eigenvalue weighted by atomic mass is 16.1. The summed E-state index contributed by atoms with van der Waals surface area (Å²) in [6.07, 6.45) is 3.07. The molecule has 1 amide bonds. The summed E-state index contributed by atoms with van der Waals surface area (Å²) in [6.45, 7) is 6.04.